The highest BCUT2D eigenvalue weighted by atomic mass is 32.1. The molecule has 10 heavy (non-hydrogen) atoms. The third kappa shape index (κ3) is 1.73. The van der Waals surface area contributed by atoms with Gasteiger partial charge >= 0.3 is 0 Å². The number of thiol groups is 1. The minimum absolute atomic E-state index is 0.240. The Bertz CT molecular complexity index is 173. The van der Waals surface area contributed by atoms with Crippen molar-refractivity contribution in [3.63, 3.8) is 0 Å². The molecule has 4 heteroatoms. The van der Waals surface area contributed by atoms with Crippen molar-refractivity contribution in [1.82, 2.24) is 15.4 Å². The molecule has 0 aromatic carbocycles. The summed E-state index contributed by atoms with van der Waals surface area (Å²) in [6.07, 6.45) is 3.89. The molecule has 0 fully saturated rings. The minimum atomic E-state index is 0.240. The van der Waals surface area contributed by atoms with Gasteiger partial charge in [0.2, 0.25) is 0 Å². The molecular formula is C6H11N3S. The summed E-state index contributed by atoms with van der Waals surface area (Å²) in [5.41, 5.74) is 0.935. The molecule has 0 aliphatic heterocycles. The first-order valence-electron chi connectivity index (χ1n) is 3.38. The molecule has 1 atom stereocenters. The van der Waals surface area contributed by atoms with Gasteiger partial charge in [0.25, 0.3) is 0 Å². The maximum atomic E-state index is 4.34. The summed E-state index contributed by atoms with van der Waals surface area (Å²) < 4.78 is 0. The first kappa shape index (κ1) is 7.60. The quantitative estimate of drug-likeness (QED) is 0.654. The number of H-pyrrole nitrogens is 1. The van der Waals surface area contributed by atoms with E-state index >= 15 is 0 Å². The Morgan fingerprint density at radius 3 is 3.10 bits per heavy atom. The Balaban J connectivity index is 2.50. The van der Waals surface area contributed by atoms with Gasteiger partial charge in [0.1, 0.15) is 0 Å². The average Bonchev–Trinajstić information content (AvgIpc) is 2.38. The summed E-state index contributed by atoms with van der Waals surface area (Å²) in [7, 11) is 0. The third-order valence-corrected chi connectivity index (χ3v) is 1.86. The van der Waals surface area contributed by atoms with Crippen molar-refractivity contribution in [3.05, 3.63) is 11.9 Å². The molecule has 1 rings (SSSR count). The predicted octanol–water partition coefficient (Wildman–Crippen LogP) is 1.58. The number of nitrogens with one attached hydrogen (secondary N) is 1. The van der Waals surface area contributed by atoms with Crippen LogP contribution in [0.4, 0.5) is 0 Å². The highest BCUT2D eigenvalue weighted by molar-refractivity contribution is 7.80. The molecule has 0 saturated heterocycles. The number of aromatic amines is 1. The molecule has 56 valence electrons. The molecular weight excluding hydrogens is 146 g/mol. The van der Waals surface area contributed by atoms with Crippen molar-refractivity contribution in [1.29, 1.82) is 0 Å². The second-order valence-electron chi connectivity index (χ2n) is 2.20. The van der Waals surface area contributed by atoms with Crippen LogP contribution in [0.3, 0.4) is 0 Å². The number of hydrogen-bond acceptors (Lipinski definition) is 3. The first-order chi connectivity index (χ1) is 4.84. The van der Waals surface area contributed by atoms with Gasteiger partial charge in [-0.1, -0.05) is 13.3 Å². The van der Waals surface area contributed by atoms with Gasteiger partial charge in [-0.05, 0) is 6.42 Å². The van der Waals surface area contributed by atoms with E-state index < -0.39 is 0 Å². The van der Waals surface area contributed by atoms with E-state index in [2.05, 4.69) is 35.0 Å². The zero-order valence-electron chi connectivity index (χ0n) is 5.91. The highest BCUT2D eigenvalue weighted by Crippen LogP contribution is 2.21. The van der Waals surface area contributed by atoms with Gasteiger partial charge in [-0.2, -0.15) is 28.0 Å². The largest absolute Gasteiger partial charge is 0.198 e. The molecule has 0 amide bonds. The number of aromatic nitrogens is 3. The monoisotopic (exact) mass is 157 g/mol. The summed E-state index contributed by atoms with van der Waals surface area (Å²) in [6.45, 7) is 2.13. The van der Waals surface area contributed by atoms with Crippen LogP contribution in [0.25, 0.3) is 0 Å². The second kappa shape index (κ2) is 3.61. The molecule has 0 aliphatic carbocycles. The van der Waals surface area contributed by atoms with Crippen molar-refractivity contribution in [2.45, 2.75) is 25.0 Å². The normalized spacial score (nSPS) is 13.4. The maximum Gasteiger partial charge on any atom is 0.0951 e. The third-order valence-electron chi connectivity index (χ3n) is 1.34. The predicted molar refractivity (Wildman–Crippen MR) is 43.0 cm³/mol. The Morgan fingerprint density at radius 2 is 2.60 bits per heavy atom. The van der Waals surface area contributed by atoms with E-state index in [1.807, 2.05) is 0 Å². The lowest BCUT2D eigenvalue weighted by molar-refractivity contribution is 0.758. The second-order valence-corrected chi connectivity index (χ2v) is 2.82. The molecule has 1 aromatic rings. The zero-order valence-corrected chi connectivity index (χ0v) is 6.80. The molecule has 0 aliphatic rings. The summed E-state index contributed by atoms with van der Waals surface area (Å²) in [4.78, 5) is 0. The Kier molecular flexibility index (Phi) is 2.74. The van der Waals surface area contributed by atoms with Gasteiger partial charge in [0, 0.05) is 5.25 Å². The van der Waals surface area contributed by atoms with Gasteiger partial charge in [0.05, 0.1) is 11.9 Å². The van der Waals surface area contributed by atoms with Gasteiger partial charge < -0.3 is 0 Å². The van der Waals surface area contributed by atoms with Crippen LogP contribution < -0.4 is 0 Å². The molecule has 0 bridgehead atoms. The lowest BCUT2D eigenvalue weighted by atomic mass is 10.2. The zero-order chi connectivity index (χ0) is 7.40. The molecule has 1 heterocycles. The van der Waals surface area contributed by atoms with E-state index in [0.717, 1.165) is 18.5 Å². The summed E-state index contributed by atoms with van der Waals surface area (Å²) in [5.74, 6) is 0. The topological polar surface area (TPSA) is 41.6 Å². The fraction of sp³-hybridized carbons (Fsp3) is 0.667. The summed E-state index contributed by atoms with van der Waals surface area (Å²) >= 11 is 4.34. The van der Waals surface area contributed by atoms with Crippen molar-refractivity contribution in [3.8, 4) is 0 Å². The smallest absolute Gasteiger partial charge is 0.0951 e. The number of nitrogens with zero attached hydrogens (tertiary/aromatic N) is 2. The van der Waals surface area contributed by atoms with Crippen molar-refractivity contribution in [2.24, 2.45) is 0 Å². The molecule has 1 N–H and O–H groups in total. The number of hydrogen-bond donors (Lipinski definition) is 2. The van der Waals surface area contributed by atoms with E-state index in [0.29, 0.717) is 0 Å². The highest BCUT2D eigenvalue weighted by Gasteiger charge is 2.06. The molecule has 3 nitrogen and oxygen atoms in total. The maximum absolute atomic E-state index is 4.34. The van der Waals surface area contributed by atoms with E-state index in [-0.39, 0.29) is 5.25 Å². The van der Waals surface area contributed by atoms with Crippen molar-refractivity contribution >= 4 is 12.6 Å². The van der Waals surface area contributed by atoms with Gasteiger partial charge in [-0.25, -0.2) is 0 Å². The first-order valence-corrected chi connectivity index (χ1v) is 3.90. The lowest BCUT2D eigenvalue weighted by Gasteiger charge is -2.02. The van der Waals surface area contributed by atoms with Crippen LogP contribution in [0.15, 0.2) is 6.20 Å². The Labute approximate surface area is 65.6 Å². The molecule has 0 spiro atoms. The van der Waals surface area contributed by atoms with Gasteiger partial charge in [0.15, 0.2) is 0 Å². The fourth-order valence-corrected chi connectivity index (χ4v) is 1.17. The van der Waals surface area contributed by atoms with Crippen molar-refractivity contribution < 1.29 is 0 Å². The van der Waals surface area contributed by atoms with Crippen LogP contribution in [0.2, 0.25) is 0 Å². The Hall–Kier alpha value is -0.510. The Morgan fingerprint density at radius 1 is 1.80 bits per heavy atom. The van der Waals surface area contributed by atoms with Crippen LogP contribution >= 0.6 is 12.6 Å². The van der Waals surface area contributed by atoms with E-state index in [1.165, 1.54) is 0 Å². The summed E-state index contributed by atoms with van der Waals surface area (Å²) in [6, 6.07) is 0. The molecule has 1 unspecified atom stereocenters. The molecule has 0 saturated carbocycles. The van der Waals surface area contributed by atoms with Gasteiger partial charge in [-0.15, -0.1) is 0 Å². The van der Waals surface area contributed by atoms with Crippen LogP contribution in [-0.2, 0) is 0 Å². The SMILES string of the molecule is CCCC(S)c1cn[nH]n1. The average molecular weight is 157 g/mol. The molecule has 1 aromatic heterocycles. The van der Waals surface area contributed by atoms with Gasteiger partial charge in [-0.3, -0.25) is 0 Å². The standard InChI is InChI=1S/C6H11N3S/c1-2-3-6(10)5-4-7-9-8-5/h4,6,10H,2-3H2,1H3,(H,7,8,9). The fourth-order valence-electron chi connectivity index (χ4n) is 0.792. The molecule has 0 radical (unpaired) electrons. The lowest BCUT2D eigenvalue weighted by Crippen LogP contribution is -1.89. The van der Waals surface area contributed by atoms with E-state index in [4.69, 9.17) is 0 Å². The van der Waals surface area contributed by atoms with E-state index in [9.17, 15) is 0 Å². The summed E-state index contributed by atoms with van der Waals surface area (Å²) in [5, 5.41) is 10.4. The van der Waals surface area contributed by atoms with Crippen molar-refractivity contribution in [2.75, 3.05) is 0 Å². The van der Waals surface area contributed by atoms with Crippen LogP contribution in [0, 0.1) is 0 Å². The van der Waals surface area contributed by atoms with Crippen LogP contribution in [0.1, 0.15) is 30.7 Å². The van der Waals surface area contributed by atoms with Crippen LogP contribution in [0.5, 0.6) is 0 Å². The number of rotatable bonds is 3. The van der Waals surface area contributed by atoms with E-state index in [1.54, 1.807) is 6.20 Å². The van der Waals surface area contributed by atoms with Crippen LogP contribution in [-0.4, -0.2) is 15.4 Å². The minimum Gasteiger partial charge on any atom is -0.198 e.